The number of thiophene rings is 1. The molecule has 90 valence electrons. The molecular formula is C12H14N2O2S. The second-order valence-electron chi connectivity index (χ2n) is 3.84. The van der Waals surface area contributed by atoms with Crippen molar-refractivity contribution in [2.75, 3.05) is 7.11 Å². The minimum absolute atomic E-state index is 0.268. The van der Waals surface area contributed by atoms with Gasteiger partial charge in [-0.25, -0.2) is 0 Å². The van der Waals surface area contributed by atoms with Crippen molar-refractivity contribution < 1.29 is 9.53 Å². The van der Waals surface area contributed by atoms with Gasteiger partial charge < -0.3 is 4.74 Å². The van der Waals surface area contributed by atoms with Gasteiger partial charge in [-0.2, -0.15) is 5.10 Å². The Labute approximate surface area is 104 Å². The summed E-state index contributed by atoms with van der Waals surface area (Å²) in [5.74, 6) is -0.671. The van der Waals surface area contributed by atoms with Crippen LogP contribution in [0.1, 0.15) is 18.7 Å². The van der Waals surface area contributed by atoms with E-state index in [9.17, 15) is 4.79 Å². The molecule has 17 heavy (non-hydrogen) atoms. The summed E-state index contributed by atoms with van der Waals surface area (Å²) in [6, 6.07) is 3.97. The lowest BCUT2D eigenvalue weighted by molar-refractivity contribution is -0.141. The van der Waals surface area contributed by atoms with Gasteiger partial charge in [-0.3, -0.25) is 10.2 Å². The van der Waals surface area contributed by atoms with E-state index in [-0.39, 0.29) is 5.97 Å². The van der Waals surface area contributed by atoms with Crippen molar-refractivity contribution >= 4 is 28.6 Å². The van der Waals surface area contributed by atoms with Gasteiger partial charge in [0.2, 0.25) is 0 Å². The Kier molecular flexibility index (Phi) is 3.28. The number of hydrogen-bond acceptors (Lipinski definition) is 5. The molecule has 0 bridgehead atoms. The SMILES string of the molecule is COC(=O)C1C(C)=NNC(C)=C1c1cccs1. The van der Waals surface area contributed by atoms with Crippen molar-refractivity contribution in [1.29, 1.82) is 0 Å². The maximum Gasteiger partial charge on any atom is 0.319 e. The maximum absolute atomic E-state index is 11.9. The summed E-state index contributed by atoms with van der Waals surface area (Å²) in [5.41, 5.74) is 5.53. The molecule has 1 aromatic heterocycles. The lowest BCUT2D eigenvalue weighted by Gasteiger charge is -2.24. The molecule has 0 amide bonds. The number of nitrogens with zero attached hydrogens (tertiary/aromatic N) is 1. The van der Waals surface area contributed by atoms with Crippen LogP contribution in [0.4, 0.5) is 0 Å². The summed E-state index contributed by atoms with van der Waals surface area (Å²) >= 11 is 1.61. The van der Waals surface area contributed by atoms with E-state index in [1.54, 1.807) is 11.3 Å². The van der Waals surface area contributed by atoms with E-state index in [1.165, 1.54) is 7.11 Å². The Bertz CT molecular complexity index is 489. The van der Waals surface area contributed by atoms with Gasteiger partial charge in [0, 0.05) is 16.1 Å². The Balaban J connectivity index is 2.48. The summed E-state index contributed by atoms with van der Waals surface area (Å²) < 4.78 is 4.86. The van der Waals surface area contributed by atoms with Crippen LogP contribution in [-0.2, 0) is 9.53 Å². The summed E-state index contributed by atoms with van der Waals surface area (Å²) in [7, 11) is 1.40. The van der Waals surface area contributed by atoms with Gasteiger partial charge >= 0.3 is 5.97 Å². The fourth-order valence-corrected chi connectivity index (χ4v) is 2.75. The summed E-state index contributed by atoms with van der Waals surface area (Å²) in [6.07, 6.45) is 0. The molecule has 0 saturated heterocycles. The van der Waals surface area contributed by atoms with Gasteiger partial charge in [-0.15, -0.1) is 11.3 Å². The van der Waals surface area contributed by atoms with Crippen molar-refractivity contribution in [3.63, 3.8) is 0 Å². The van der Waals surface area contributed by atoms with Crippen molar-refractivity contribution in [3.05, 3.63) is 28.1 Å². The van der Waals surface area contributed by atoms with Crippen LogP contribution in [0.5, 0.6) is 0 Å². The van der Waals surface area contributed by atoms with Gasteiger partial charge in [0.15, 0.2) is 0 Å². The first kappa shape index (κ1) is 11.9. The zero-order valence-electron chi connectivity index (χ0n) is 9.98. The molecule has 1 N–H and O–H groups in total. The Morgan fingerprint density at radius 2 is 2.29 bits per heavy atom. The Hall–Kier alpha value is -1.62. The molecule has 1 aliphatic rings. The minimum atomic E-state index is -0.403. The fourth-order valence-electron chi connectivity index (χ4n) is 1.89. The summed E-state index contributed by atoms with van der Waals surface area (Å²) in [4.78, 5) is 12.9. The predicted octanol–water partition coefficient (Wildman–Crippen LogP) is 2.25. The van der Waals surface area contributed by atoms with Gasteiger partial charge in [-0.1, -0.05) is 6.07 Å². The van der Waals surface area contributed by atoms with Gasteiger partial charge in [-0.05, 0) is 25.3 Å². The monoisotopic (exact) mass is 250 g/mol. The first-order valence-corrected chi connectivity index (χ1v) is 6.15. The topological polar surface area (TPSA) is 50.7 Å². The zero-order chi connectivity index (χ0) is 12.4. The zero-order valence-corrected chi connectivity index (χ0v) is 10.8. The molecule has 0 aliphatic carbocycles. The number of allylic oxidation sites excluding steroid dienone is 1. The predicted molar refractivity (Wildman–Crippen MR) is 68.7 cm³/mol. The molecule has 0 fully saturated rings. The number of carbonyl (C=O) groups excluding carboxylic acids is 1. The second kappa shape index (κ2) is 4.71. The largest absolute Gasteiger partial charge is 0.468 e. The van der Waals surface area contributed by atoms with Gasteiger partial charge in [0.25, 0.3) is 0 Å². The van der Waals surface area contributed by atoms with E-state index < -0.39 is 5.92 Å². The number of carbonyl (C=O) groups is 1. The highest BCUT2D eigenvalue weighted by atomic mass is 32.1. The average molecular weight is 250 g/mol. The van der Waals surface area contributed by atoms with E-state index in [4.69, 9.17) is 4.74 Å². The van der Waals surface area contributed by atoms with E-state index in [2.05, 4.69) is 10.5 Å². The number of ether oxygens (including phenoxy) is 1. The molecule has 0 radical (unpaired) electrons. The standard InChI is InChI=1S/C12H14N2O2S/c1-7-10(9-5-4-6-17-9)11(12(15)16-3)8(2)14-13-7/h4-6,11,13H,1-3H3. The lowest BCUT2D eigenvalue weighted by Crippen LogP contribution is -2.31. The maximum atomic E-state index is 11.9. The van der Waals surface area contributed by atoms with Crippen LogP contribution in [0.2, 0.25) is 0 Å². The highest BCUT2D eigenvalue weighted by Gasteiger charge is 2.32. The normalized spacial score (nSPS) is 19.7. The summed E-state index contributed by atoms with van der Waals surface area (Å²) in [5, 5.41) is 6.13. The molecule has 1 atom stereocenters. The molecule has 1 aromatic rings. The molecule has 4 nitrogen and oxygen atoms in total. The molecule has 0 saturated carbocycles. The van der Waals surface area contributed by atoms with Crippen LogP contribution in [0.3, 0.4) is 0 Å². The van der Waals surface area contributed by atoms with E-state index >= 15 is 0 Å². The van der Waals surface area contributed by atoms with Crippen LogP contribution < -0.4 is 5.43 Å². The van der Waals surface area contributed by atoms with E-state index in [0.717, 1.165) is 21.9 Å². The number of methoxy groups -OCH3 is 1. The number of hydrogen-bond donors (Lipinski definition) is 1. The molecule has 2 heterocycles. The molecule has 0 aromatic carbocycles. The van der Waals surface area contributed by atoms with Crippen molar-refractivity contribution in [1.82, 2.24) is 5.43 Å². The summed E-state index contributed by atoms with van der Waals surface area (Å²) in [6.45, 7) is 3.75. The van der Waals surface area contributed by atoms with E-state index in [0.29, 0.717) is 0 Å². The van der Waals surface area contributed by atoms with Crippen molar-refractivity contribution in [2.24, 2.45) is 11.0 Å². The quantitative estimate of drug-likeness (QED) is 0.819. The lowest BCUT2D eigenvalue weighted by atomic mass is 9.91. The van der Waals surface area contributed by atoms with Gasteiger partial charge in [0.05, 0.1) is 12.8 Å². The highest BCUT2D eigenvalue weighted by molar-refractivity contribution is 7.11. The highest BCUT2D eigenvalue weighted by Crippen LogP contribution is 2.33. The smallest absolute Gasteiger partial charge is 0.319 e. The number of nitrogens with one attached hydrogen (secondary N) is 1. The van der Waals surface area contributed by atoms with Crippen molar-refractivity contribution in [3.8, 4) is 0 Å². The molecular weight excluding hydrogens is 236 g/mol. The molecule has 1 aliphatic heterocycles. The third kappa shape index (κ3) is 2.10. The Morgan fingerprint density at radius 3 is 2.88 bits per heavy atom. The number of rotatable bonds is 2. The molecule has 1 unspecified atom stereocenters. The fraction of sp³-hybridized carbons (Fsp3) is 0.333. The number of esters is 1. The van der Waals surface area contributed by atoms with Crippen LogP contribution >= 0.6 is 11.3 Å². The Morgan fingerprint density at radius 1 is 1.53 bits per heavy atom. The second-order valence-corrected chi connectivity index (χ2v) is 4.78. The third-order valence-corrected chi connectivity index (χ3v) is 3.64. The molecule has 0 spiro atoms. The van der Waals surface area contributed by atoms with Crippen LogP contribution in [-0.4, -0.2) is 18.8 Å². The first-order chi connectivity index (χ1) is 8.15. The van der Waals surface area contributed by atoms with Crippen LogP contribution in [0.15, 0.2) is 28.3 Å². The third-order valence-electron chi connectivity index (χ3n) is 2.73. The van der Waals surface area contributed by atoms with Crippen LogP contribution in [0.25, 0.3) is 5.57 Å². The first-order valence-electron chi connectivity index (χ1n) is 5.27. The average Bonchev–Trinajstić information content (AvgIpc) is 2.84. The molecule has 2 rings (SSSR count). The minimum Gasteiger partial charge on any atom is -0.468 e. The van der Waals surface area contributed by atoms with E-state index in [1.807, 2.05) is 31.4 Å². The van der Waals surface area contributed by atoms with Crippen LogP contribution in [0, 0.1) is 5.92 Å². The number of hydrazone groups is 1. The molecule has 5 heteroatoms. The van der Waals surface area contributed by atoms with Gasteiger partial charge in [0.1, 0.15) is 5.92 Å². The van der Waals surface area contributed by atoms with Crippen molar-refractivity contribution in [2.45, 2.75) is 13.8 Å².